The maximum Gasteiger partial charge on any atom is 0.0805 e. The molecule has 15 heavy (non-hydrogen) atoms. The number of aliphatic hydroxyl groups is 1. The zero-order chi connectivity index (χ0) is 11.5. The molecule has 0 amide bonds. The lowest BCUT2D eigenvalue weighted by Gasteiger charge is -2.39. The van der Waals surface area contributed by atoms with E-state index in [1.807, 2.05) is 6.92 Å². The molecule has 1 N–H and O–H groups in total. The summed E-state index contributed by atoms with van der Waals surface area (Å²) in [6, 6.07) is 2.26. The van der Waals surface area contributed by atoms with E-state index in [2.05, 4.69) is 19.9 Å². The summed E-state index contributed by atoms with van der Waals surface area (Å²) in [5.41, 5.74) is -0.700. The molecule has 0 bridgehead atoms. The molecule has 1 aliphatic carbocycles. The molecule has 0 aromatic heterocycles. The Morgan fingerprint density at radius 1 is 1.40 bits per heavy atom. The predicted octanol–water partition coefficient (Wildman–Crippen LogP) is 3.11. The van der Waals surface area contributed by atoms with Gasteiger partial charge in [0.15, 0.2) is 0 Å². The van der Waals surface area contributed by atoms with Crippen LogP contribution >= 0.6 is 0 Å². The highest BCUT2D eigenvalue weighted by Crippen LogP contribution is 2.40. The van der Waals surface area contributed by atoms with Crippen molar-refractivity contribution in [2.75, 3.05) is 0 Å². The van der Waals surface area contributed by atoms with Crippen LogP contribution < -0.4 is 0 Å². The van der Waals surface area contributed by atoms with Crippen molar-refractivity contribution in [2.24, 2.45) is 17.8 Å². The van der Waals surface area contributed by atoms with Crippen molar-refractivity contribution in [1.82, 2.24) is 0 Å². The second-order valence-corrected chi connectivity index (χ2v) is 5.27. The fraction of sp³-hybridized carbons (Fsp3) is 0.923. The van der Waals surface area contributed by atoms with E-state index in [0.717, 1.165) is 38.0 Å². The van der Waals surface area contributed by atoms with Crippen LogP contribution in [0.2, 0.25) is 0 Å². The number of hydrogen-bond donors (Lipinski definition) is 1. The third-order valence-corrected chi connectivity index (χ3v) is 4.05. The second kappa shape index (κ2) is 4.99. The van der Waals surface area contributed by atoms with Crippen LogP contribution in [0.1, 0.15) is 52.9 Å². The van der Waals surface area contributed by atoms with Crippen LogP contribution in [0.3, 0.4) is 0 Å². The molecule has 0 aliphatic heterocycles. The zero-order valence-corrected chi connectivity index (χ0v) is 10.2. The van der Waals surface area contributed by atoms with Gasteiger partial charge in [0.05, 0.1) is 17.6 Å². The third kappa shape index (κ3) is 2.72. The van der Waals surface area contributed by atoms with Gasteiger partial charge in [-0.1, -0.05) is 20.8 Å². The summed E-state index contributed by atoms with van der Waals surface area (Å²) < 4.78 is 0. The average molecular weight is 209 g/mol. The van der Waals surface area contributed by atoms with E-state index >= 15 is 0 Å². The summed E-state index contributed by atoms with van der Waals surface area (Å²) in [7, 11) is 0. The van der Waals surface area contributed by atoms with Gasteiger partial charge in [0.1, 0.15) is 0 Å². The molecule has 2 nitrogen and oxygen atoms in total. The van der Waals surface area contributed by atoms with Crippen molar-refractivity contribution in [1.29, 1.82) is 5.26 Å². The van der Waals surface area contributed by atoms with E-state index in [1.54, 1.807) is 0 Å². The molecule has 86 valence electrons. The first-order valence-electron chi connectivity index (χ1n) is 6.15. The molecule has 0 aromatic carbocycles. The lowest BCUT2D eigenvalue weighted by atomic mass is 9.69. The zero-order valence-electron chi connectivity index (χ0n) is 10.2. The van der Waals surface area contributed by atoms with Crippen LogP contribution in [0.5, 0.6) is 0 Å². The van der Waals surface area contributed by atoms with Crippen molar-refractivity contribution in [3.05, 3.63) is 0 Å². The summed E-state index contributed by atoms with van der Waals surface area (Å²) in [6.45, 7) is 6.48. The lowest BCUT2D eigenvalue weighted by molar-refractivity contribution is -0.0472. The highest BCUT2D eigenvalue weighted by atomic mass is 16.3. The van der Waals surface area contributed by atoms with Gasteiger partial charge >= 0.3 is 0 Å². The lowest BCUT2D eigenvalue weighted by Crippen LogP contribution is -2.41. The normalized spacial score (nSPS) is 33.7. The Hall–Kier alpha value is -0.550. The van der Waals surface area contributed by atoms with E-state index in [-0.39, 0.29) is 5.92 Å². The van der Waals surface area contributed by atoms with Crippen molar-refractivity contribution in [2.45, 2.75) is 58.5 Å². The predicted molar refractivity (Wildman–Crippen MR) is 61.1 cm³/mol. The standard InChI is InChI=1S/C13H23NO/c1-4-12(9-14)13(15)7-5-11(6-8-13)10(2)3/h10-12,15H,4-8H2,1-3H3. The van der Waals surface area contributed by atoms with E-state index in [1.165, 1.54) is 0 Å². The fourth-order valence-electron chi connectivity index (χ4n) is 2.75. The van der Waals surface area contributed by atoms with Crippen molar-refractivity contribution in [3.8, 4) is 6.07 Å². The summed E-state index contributed by atoms with van der Waals surface area (Å²) in [5, 5.41) is 19.4. The smallest absolute Gasteiger partial charge is 0.0805 e. The van der Waals surface area contributed by atoms with Crippen LogP contribution in [0.15, 0.2) is 0 Å². The summed E-state index contributed by atoms with van der Waals surface area (Å²) in [6.07, 6.45) is 4.53. The topological polar surface area (TPSA) is 44.0 Å². The van der Waals surface area contributed by atoms with Crippen LogP contribution in [-0.4, -0.2) is 10.7 Å². The molecule has 0 spiro atoms. The Balaban J connectivity index is 2.58. The van der Waals surface area contributed by atoms with Gasteiger partial charge in [-0.3, -0.25) is 0 Å². The van der Waals surface area contributed by atoms with Gasteiger partial charge in [-0.15, -0.1) is 0 Å². The molecular weight excluding hydrogens is 186 g/mol. The summed E-state index contributed by atoms with van der Waals surface area (Å²) in [4.78, 5) is 0. The molecular formula is C13H23NO. The molecule has 0 aromatic rings. The maximum absolute atomic E-state index is 10.4. The first kappa shape index (κ1) is 12.5. The molecule has 1 rings (SSSR count). The van der Waals surface area contributed by atoms with Gasteiger partial charge in [0.2, 0.25) is 0 Å². The van der Waals surface area contributed by atoms with Crippen LogP contribution in [0.4, 0.5) is 0 Å². The van der Waals surface area contributed by atoms with Crippen molar-refractivity contribution < 1.29 is 5.11 Å². The Kier molecular flexibility index (Phi) is 4.16. The molecule has 1 saturated carbocycles. The minimum atomic E-state index is -0.700. The molecule has 1 aliphatic rings. The Morgan fingerprint density at radius 2 is 1.93 bits per heavy atom. The van der Waals surface area contributed by atoms with Crippen molar-refractivity contribution in [3.63, 3.8) is 0 Å². The average Bonchev–Trinajstić information content (AvgIpc) is 2.19. The first-order valence-corrected chi connectivity index (χ1v) is 6.15. The highest BCUT2D eigenvalue weighted by Gasteiger charge is 2.39. The van der Waals surface area contributed by atoms with Gasteiger partial charge in [-0.05, 0) is 43.9 Å². The summed E-state index contributed by atoms with van der Waals surface area (Å²) >= 11 is 0. The maximum atomic E-state index is 10.4. The van der Waals surface area contributed by atoms with E-state index in [9.17, 15) is 5.11 Å². The minimum absolute atomic E-state index is 0.175. The number of rotatable bonds is 3. The molecule has 0 radical (unpaired) electrons. The van der Waals surface area contributed by atoms with Gasteiger partial charge in [0, 0.05) is 0 Å². The van der Waals surface area contributed by atoms with E-state index < -0.39 is 5.60 Å². The highest BCUT2D eigenvalue weighted by molar-refractivity contribution is 5.00. The Labute approximate surface area is 93.3 Å². The van der Waals surface area contributed by atoms with Crippen molar-refractivity contribution >= 4 is 0 Å². The molecule has 1 fully saturated rings. The molecule has 0 saturated heterocycles. The number of nitrogens with zero attached hydrogens (tertiary/aromatic N) is 1. The third-order valence-electron chi connectivity index (χ3n) is 4.05. The molecule has 1 unspecified atom stereocenters. The van der Waals surface area contributed by atoms with E-state index in [4.69, 9.17) is 5.26 Å². The monoisotopic (exact) mass is 209 g/mol. The van der Waals surface area contributed by atoms with Gasteiger partial charge in [0.25, 0.3) is 0 Å². The fourth-order valence-corrected chi connectivity index (χ4v) is 2.75. The van der Waals surface area contributed by atoms with Crippen LogP contribution in [-0.2, 0) is 0 Å². The molecule has 1 atom stereocenters. The second-order valence-electron chi connectivity index (χ2n) is 5.27. The van der Waals surface area contributed by atoms with E-state index in [0.29, 0.717) is 5.92 Å². The Morgan fingerprint density at radius 3 is 2.27 bits per heavy atom. The van der Waals surface area contributed by atoms with Crippen LogP contribution in [0, 0.1) is 29.1 Å². The first-order chi connectivity index (χ1) is 7.03. The quantitative estimate of drug-likeness (QED) is 0.776. The summed E-state index contributed by atoms with van der Waals surface area (Å²) in [5.74, 6) is 1.27. The largest absolute Gasteiger partial charge is 0.389 e. The van der Waals surface area contributed by atoms with Gasteiger partial charge in [-0.2, -0.15) is 5.26 Å². The van der Waals surface area contributed by atoms with Gasteiger partial charge in [-0.25, -0.2) is 0 Å². The molecule has 0 heterocycles. The minimum Gasteiger partial charge on any atom is -0.389 e. The van der Waals surface area contributed by atoms with Gasteiger partial charge < -0.3 is 5.11 Å². The van der Waals surface area contributed by atoms with Crippen LogP contribution in [0.25, 0.3) is 0 Å². The Bertz CT molecular complexity index is 233. The SMILES string of the molecule is CCC(C#N)C1(O)CCC(C(C)C)CC1. The number of hydrogen-bond acceptors (Lipinski definition) is 2. The number of nitriles is 1. The molecule has 2 heteroatoms.